The summed E-state index contributed by atoms with van der Waals surface area (Å²) in [6.45, 7) is 39.5. The molecule has 0 radical (unpaired) electrons. The zero-order valence-electron chi connectivity index (χ0n) is 73.1. The number of thiophene rings is 7. The monoisotopic (exact) mass is 1710 g/mol. The van der Waals surface area contributed by atoms with Crippen LogP contribution in [0.3, 0.4) is 0 Å². The predicted molar refractivity (Wildman–Crippen MR) is 555 cm³/mol. The molecule has 0 unspecified atom stereocenters. The summed E-state index contributed by atoms with van der Waals surface area (Å²) >= 11 is 13.3. The molecule has 16 aromatic carbocycles. The van der Waals surface area contributed by atoms with Crippen LogP contribution in [0.2, 0.25) is 0 Å². The highest BCUT2D eigenvalue weighted by molar-refractivity contribution is 7.28. The molecular formula is C115H102S7. The van der Waals surface area contributed by atoms with Crippen LogP contribution in [0.1, 0.15) is 114 Å². The number of fused-ring (bicyclic) bond motifs is 24. The fourth-order valence-electron chi connectivity index (χ4n) is 17.8. The van der Waals surface area contributed by atoms with Gasteiger partial charge in [0.2, 0.25) is 0 Å². The van der Waals surface area contributed by atoms with E-state index in [2.05, 4.69) is 416 Å². The number of aryl methyl sites for hydroxylation is 16. The van der Waals surface area contributed by atoms with Crippen molar-refractivity contribution in [3.05, 3.63) is 391 Å². The standard InChI is InChI=1S/C17H18.7C14H12S/c1-11-5-7-13-14-8-6-12(2)10-16(14)17(3,4)15(13)9-11;1-9-5-4-8-12-13(9)11-7-3-6-10(2)14(11)15-12;1-9-5-3-7-11-13(9)14-10(2)6-4-8-12(14)15-11;1-9-6-7-12-11(8-9)14-10(2)4-3-5-13(14)15-12;1-9-6-7-11-13(8-9)15-12-5-3-4-10(2)14(11)12;1-9-6-7-11-12-5-3-4-10(2)14(12)15-13(11)8-9;1-9-6-7-13-12(8-9)11-5-3-4-10(2)14(11)15-13;1-9-7-8-10(2)14-13(9)11-5-3-4-6-12(11)15-14/h5-10H,1-4H3;7*3-8H,1-2H3. The Balaban J connectivity index is 0.0000000991. The van der Waals surface area contributed by atoms with Gasteiger partial charge in [-0.1, -0.05) is 254 Å². The minimum Gasteiger partial charge on any atom is -0.135 e. The summed E-state index contributed by atoms with van der Waals surface area (Å²) in [6.07, 6.45) is 0. The van der Waals surface area contributed by atoms with E-state index in [4.69, 9.17) is 0 Å². The van der Waals surface area contributed by atoms with Crippen molar-refractivity contribution >= 4 is 221 Å². The van der Waals surface area contributed by atoms with E-state index >= 15 is 0 Å². The molecule has 0 saturated carbocycles. The second-order valence-corrected chi connectivity index (χ2v) is 41.4. The summed E-state index contributed by atoms with van der Waals surface area (Å²) in [7, 11) is 0. The molecule has 122 heavy (non-hydrogen) atoms. The van der Waals surface area contributed by atoms with Gasteiger partial charge in [0, 0.05) is 147 Å². The predicted octanol–water partition coefficient (Wildman–Crippen LogP) is 37.3. The van der Waals surface area contributed by atoms with Crippen LogP contribution in [0.15, 0.2) is 291 Å². The third-order valence-electron chi connectivity index (χ3n) is 24.2. The van der Waals surface area contributed by atoms with Crippen LogP contribution in [-0.2, 0) is 5.41 Å². The molecule has 24 rings (SSSR count). The second kappa shape index (κ2) is 34.8. The summed E-state index contributed by atoms with van der Waals surface area (Å²) in [4.78, 5) is 0. The lowest BCUT2D eigenvalue weighted by atomic mass is 9.81. The molecule has 7 heteroatoms. The second-order valence-electron chi connectivity index (χ2n) is 33.9. The molecule has 7 heterocycles. The molecule has 7 aromatic heterocycles. The summed E-state index contributed by atoms with van der Waals surface area (Å²) in [6, 6.07) is 106. The number of hydrogen-bond acceptors (Lipinski definition) is 7. The van der Waals surface area contributed by atoms with Crippen molar-refractivity contribution in [1.29, 1.82) is 0 Å². The minimum atomic E-state index is 0.142. The third-order valence-corrected chi connectivity index (χ3v) is 32.8. The molecule has 0 aliphatic heterocycles. The first kappa shape index (κ1) is 83.3. The van der Waals surface area contributed by atoms with E-state index < -0.39 is 0 Å². The third kappa shape index (κ3) is 16.4. The molecule has 0 fully saturated rings. The van der Waals surface area contributed by atoms with Crippen molar-refractivity contribution in [2.45, 2.75) is 130 Å². The molecular weight excluding hydrogens is 1610 g/mol. The Kier molecular flexibility index (Phi) is 23.7. The molecule has 23 aromatic rings. The number of rotatable bonds is 0. The van der Waals surface area contributed by atoms with Crippen LogP contribution >= 0.6 is 79.4 Å². The van der Waals surface area contributed by atoms with Crippen LogP contribution < -0.4 is 0 Å². The molecule has 604 valence electrons. The molecule has 0 atom stereocenters. The number of hydrogen-bond donors (Lipinski definition) is 0. The van der Waals surface area contributed by atoms with Gasteiger partial charge in [-0.05, 0) is 273 Å². The van der Waals surface area contributed by atoms with Crippen molar-refractivity contribution in [2.24, 2.45) is 0 Å². The zero-order chi connectivity index (χ0) is 85.1. The van der Waals surface area contributed by atoms with Crippen molar-refractivity contribution in [1.82, 2.24) is 0 Å². The van der Waals surface area contributed by atoms with Crippen molar-refractivity contribution < 1.29 is 0 Å². The summed E-state index contributed by atoms with van der Waals surface area (Å²) < 4.78 is 19.7. The minimum absolute atomic E-state index is 0.142. The highest BCUT2D eigenvalue weighted by Crippen LogP contribution is 2.50. The van der Waals surface area contributed by atoms with E-state index in [1.807, 2.05) is 79.4 Å². The van der Waals surface area contributed by atoms with Gasteiger partial charge in [-0.15, -0.1) is 79.4 Å². The Morgan fingerprint density at radius 2 is 0.451 bits per heavy atom. The van der Waals surface area contributed by atoms with Gasteiger partial charge in [0.1, 0.15) is 0 Å². The van der Waals surface area contributed by atoms with Gasteiger partial charge in [-0.25, -0.2) is 0 Å². The lowest BCUT2D eigenvalue weighted by molar-refractivity contribution is 0.659. The van der Waals surface area contributed by atoms with Crippen LogP contribution in [0.25, 0.3) is 152 Å². The first-order valence-corrected chi connectivity index (χ1v) is 47.9. The average Bonchev–Trinajstić information content (AvgIpc) is 1.58. The van der Waals surface area contributed by atoms with E-state index in [0.717, 1.165) is 0 Å². The highest BCUT2D eigenvalue weighted by atomic mass is 32.1. The number of benzene rings is 16. The maximum Gasteiger partial charge on any atom is 0.0387 e. The van der Waals surface area contributed by atoms with Gasteiger partial charge in [0.05, 0.1) is 0 Å². The van der Waals surface area contributed by atoms with Crippen molar-refractivity contribution in [3.63, 3.8) is 0 Å². The van der Waals surface area contributed by atoms with E-state index in [0.29, 0.717) is 0 Å². The fraction of sp³-hybridized carbons (Fsp3) is 0.165. The Morgan fingerprint density at radius 1 is 0.164 bits per heavy atom. The maximum absolute atomic E-state index is 2.34. The molecule has 0 N–H and O–H groups in total. The summed E-state index contributed by atoms with van der Waals surface area (Å²) in [5.74, 6) is 0. The molecule has 0 amide bonds. The van der Waals surface area contributed by atoms with Gasteiger partial charge >= 0.3 is 0 Å². The Bertz CT molecular complexity index is 7760. The average molecular weight is 1710 g/mol. The zero-order valence-corrected chi connectivity index (χ0v) is 78.8. The molecule has 1 aliphatic carbocycles. The first-order chi connectivity index (χ1) is 58.8. The van der Waals surface area contributed by atoms with E-state index in [9.17, 15) is 0 Å². The van der Waals surface area contributed by atoms with Gasteiger partial charge in [0.15, 0.2) is 0 Å². The van der Waals surface area contributed by atoms with Crippen LogP contribution in [0.4, 0.5) is 0 Å². The van der Waals surface area contributed by atoms with Gasteiger partial charge < -0.3 is 0 Å². The van der Waals surface area contributed by atoms with E-state index in [-0.39, 0.29) is 5.41 Å². The highest BCUT2D eigenvalue weighted by Gasteiger charge is 2.35. The Hall–Kier alpha value is -10.9. The quantitative estimate of drug-likeness (QED) is 0.142. The fourth-order valence-corrected chi connectivity index (χ4v) is 26.4. The van der Waals surface area contributed by atoms with Crippen molar-refractivity contribution in [3.8, 4) is 11.1 Å². The van der Waals surface area contributed by atoms with Gasteiger partial charge in [-0.3, -0.25) is 0 Å². The summed E-state index contributed by atoms with van der Waals surface area (Å²) in [5, 5.41) is 19.8. The summed E-state index contributed by atoms with van der Waals surface area (Å²) in [5.41, 5.74) is 27.8. The smallest absolute Gasteiger partial charge is 0.0387 e. The van der Waals surface area contributed by atoms with Crippen LogP contribution in [-0.4, -0.2) is 0 Å². The van der Waals surface area contributed by atoms with Gasteiger partial charge in [0.25, 0.3) is 0 Å². The molecule has 0 bridgehead atoms. The molecule has 0 spiro atoms. The largest absolute Gasteiger partial charge is 0.135 e. The van der Waals surface area contributed by atoms with Crippen LogP contribution in [0, 0.1) is 111 Å². The topological polar surface area (TPSA) is 0 Å². The van der Waals surface area contributed by atoms with E-state index in [1.54, 1.807) is 0 Å². The lowest BCUT2D eigenvalue weighted by Gasteiger charge is -2.22. The first-order valence-electron chi connectivity index (χ1n) is 42.2. The molecule has 0 saturated heterocycles. The normalized spacial score (nSPS) is 11.9. The molecule has 1 aliphatic rings. The Labute approximate surface area is 746 Å². The SMILES string of the molecule is Cc1ccc(C)c2c1sc1ccccc12.Cc1ccc2c(c1)C(C)(C)c1cc(C)ccc1-2.Cc1ccc2c(c1)sc1c(C)cccc12.Cc1ccc2c(c1)sc1cccc(C)c12.Cc1ccc2sc3c(C)cccc3c2c1.Cc1ccc2sc3cccc(C)c3c2c1.Cc1cccc2c1sc1cccc(C)c12.Cc1cccc2sc3cccc(C)c3c12. The van der Waals surface area contributed by atoms with Crippen molar-refractivity contribution in [2.75, 3.05) is 0 Å². The lowest BCUT2D eigenvalue weighted by Crippen LogP contribution is -2.15. The molecule has 0 nitrogen and oxygen atoms in total. The van der Waals surface area contributed by atoms with Gasteiger partial charge in [-0.2, -0.15) is 0 Å². The van der Waals surface area contributed by atoms with E-state index in [1.165, 1.54) is 252 Å². The maximum atomic E-state index is 2.34. The van der Waals surface area contributed by atoms with Crippen LogP contribution in [0.5, 0.6) is 0 Å². The Morgan fingerprint density at radius 3 is 0.992 bits per heavy atom.